The summed E-state index contributed by atoms with van der Waals surface area (Å²) in [6.07, 6.45) is 6.91. The molecule has 1 aromatic rings. The minimum atomic E-state index is 0.578. The molecular formula is C15H27N3. The lowest BCUT2D eigenvalue weighted by Gasteiger charge is -2.16. The van der Waals surface area contributed by atoms with Gasteiger partial charge >= 0.3 is 0 Å². The van der Waals surface area contributed by atoms with E-state index in [-0.39, 0.29) is 0 Å². The van der Waals surface area contributed by atoms with E-state index in [2.05, 4.69) is 42.7 Å². The van der Waals surface area contributed by atoms with Crippen LogP contribution in [0.2, 0.25) is 0 Å². The fourth-order valence-electron chi connectivity index (χ4n) is 2.58. The quantitative estimate of drug-likeness (QED) is 0.804. The average Bonchev–Trinajstić information content (AvgIpc) is 2.73. The summed E-state index contributed by atoms with van der Waals surface area (Å²) >= 11 is 0. The molecule has 18 heavy (non-hydrogen) atoms. The summed E-state index contributed by atoms with van der Waals surface area (Å²) in [5, 5.41) is 0. The van der Waals surface area contributed by atoms with E-state index in [0.717, 1.165) is 24.7 Å². The zero-order chi connectivity index (χ0) is 13.2. The number of hydrogen-bond donors (Lipinski definition) is 1. The van der Waals surface area contributed by atoms with Gasteiger partial charge in [0.05, 0.1) is 0 Å². The van der Waals surface area contributed by atoms with E-state index in [9.17, 15) is 0 Å². The van der Waals surface area contributed by atoms with Crippen molar-refractivity contribution >= 4 is 0 Å². The standard InChI is InChI=1S/C15H27N3/c1-5-6-7-14-16-9-13(17-14)11-18(4)10-12-8-15(12,2)3/h9,12H,5-8,10-11H2,1-4H3,(H,16,17)/t12-/m0/s1. The number of imidazole rings is 1. The molecule has 1 saturated carbocycles. The van der Waals surface area contributed by atoms with Gasteiger partial charge in [-0.3, -0.25) is 0 Å². The van der Waals surface area contributed by atoms with Gasteiger partial charge in [0.25, 0.3) is 0 Å². The molecule has 1 aliphatic rings. The zero-order valence-corrected chi connectivity index (χ0v) is 12.3. The molecule has 0 aliphatic heterocycles. The zero-order valence-electron chi connectivity index (χ0n) is 12.3. The molecule has 0 radical (unpaired) electrons. The fourth-order valence-corrected chi connectivity index (χ4v) is 2.58. The molecule has 0 saturated heterocycles. The maximum atomic E-state index is 4.45. The van der Waals surface area contributed by atoms with E-state index in [4.69, 9.17) is 0 Å². The first-order valence-electron chi connectivity index (χ1n) is 7.22. The highest BCUT2D eigenvalue weighted by Gasteiger charge is 2.45. The Labute approximate surface area is 111 Å². The topological polar surface area (TPSA) is 31.9 Å². The van der Waals surface area contributed by atoms with E-state index in [0.29, 0.717) is 5.41 Å². The van der Waals surface area contributed by atoms with Crippen LogP contribution in [0.3, 0.4) is 0 Å². The lowest BCUT2D eigenvalue weighted by Crippen LogP contribution is -2.22. The Bertz CT molecular complexity index is 381. The van der Waals surface area contributed by atoms with Crippen LogP contribution in [0.15, 0.2) is 6.20 Å². The minimum absolute atomic E-state index is 0.578. The number of aromatic amines is 1. The van der Waals surface area contributed by atoms with Crippen LogP contribution in [-0.4, -0.2) is 28.5 Å². The van der Waals surface area contributed by atoms with Crippen molar-refractivity contribution in [3.05, 3.63) is 17.7 Å². The van der Waals surface area contributed by atoms with Gasteiger partial charge in [-0.25, -0.2) is 4.98 Å². The molecule has 1 N–H and O–H groups in total. The van der Waals surface area contributed by atoms with Crippen LogP contribution in [0.1, 0.15) is 51.6 Å². The van der Waals surface area contributed by atoms with Gasteiger partial charge in [-0.1, -0.05) is 27.2 Å². The highest BCUT2D eigenvalue weighted by atomic mass is 15.1. The predicted octanol–water partition coefficient (Wildman–Crippen LogP) is 3.23. The number of unbranched alkanes of at least 4 members (excludes halogenated alkanes) is 1. The number of nitrogens with one attached hydrogen (secondary N) is 1. The van der Waals surface area contributed by atoms with Gasteiger partial charge in [-0.2, -0.15) is 0 Å². The molecule has 3 heteroatoms. The summed E-state index contributed by atoms with van der Waals surface area (Å²) in [6.45, 7) is 9.14. The molecule has 1 atom stereocenters. The fraction of sp³-hybridized carbons (Fsp3) is 0.800. The third kappa shape index (κ3) is 3.58. The molecule has 0 aromatic carbocycles. The van der Waals surface area contributed by atoms with Crippen LogP contribution in [-0.2, 0) is 13.0 Å². The monoisotopic (exact) mass is 249 g/mol. The number of aryl methyl sites for hydroxylation is 1. The second-order valence-electron chi connectivity index (χ2n) is 6.55. The van der Waals surface area contributed by atoms with Crippen molar-refractivity contribution in [3.8, 4) is 0 Å². The van der Waals surface area contributed by atoms with Crippen LogP contribution in [0, 0.1) is 11.3 Å². The Morgan fingerprint density at radius 3 is 2.83 bits per heavy atom. The molecule has 1 heterocycles. The number of hydrogen-bond acceptors (Lipinski definition) is 2. The largest absolute Gasteiger partial charge is 0.345 e. The normalized spacial score (nSPS) is 21.5. The average molecular weight is 249 g/mol. The summed E-state index contributed by atoms with van der Waals surface area (Å²) in [4.78, 5) is 10.3. The summed E-state index contributed by atoms with van der Waals surface area (Å²) in [5.74, 6) is 2.02. The third-order valence-corrected chi connectivity index (χ3v) is 4.14. The van der Waals surface area contributed by atoms with Crippen molar-refractivity contribution in [1.29, 1.82) is 0 Å². The van der Waals surface area contributed by atoms with Gasteiger partial charge in [0, 0.05) is 31.4 Å². The molecule has 0 amide bonds. The van der Waals surface area contributed by atoms with Gasteiger partial charge in [-0.05, 0) is 31.2 Å². The van der Waals surface area contributed by atoms with Crippen LogP contribution in [0.5, 0.6) is 0 Å². The van der Waals surface area contributed by atoms with Gasteiger partial charge < -0.3 is 9.88 Å². The van der Waals surface area contributed by atoms with Crippen molar-refractivity contribution in [2.75, 3.05) is 13.6 Å². The van der Waals surface area contributed by atoms with Crippen molar-refractivity contribution in [2.45, 2.75) is 53.0 Å². The highest BCUT2D eigenvalue weighted by Crippen LogP contribution is 2.51. The molecule has 1 aromatic heterocycles. The van der Waals surface area contributed by atoms with Gasteiger partial charge in [0.15, 0.2) is 0 Å². The van der Waals surface area contributed by atoms with Crippen molar-refractivity contribution in [3.63, 3.8) is 0 Å². The van der Waals surface area contributed by atoms with Crippen LogP contribution in [0.4, 0.5) is 0 Å². The maximum Gasteiger partial charge on any atom is 0.106 e. The van der Waals surface area contributed by atoms with Crippen LogP contribution in [0.25, 0.3) is 0 Å². The van der Waals surface area contributed by atoms with Crippen LogP contribution >= 0.6 is 0 Å². The summed E-state index contributed by atoms with van der Waals surface area (Å²) in [6, 6.07) is 0. The lowest BCUT2D eigenvalue weighted by atomic mass is 10.1. The molecular weight excluding hydrogens is 222 g/mol. The maximum absolute atomic E-state index is 4.45. The smallest absolute Gasteiger partial charge is 0.106 e. The molecule has 0 spiro atoms. The van der Waals surface area contributed by atoms with Crippen molar-refractivity contribution in [2.24, 2.45) is 11.3 Å². The number of nitrogens with zero attached hydrogens (tertiary/aromatic N) is 2. The predicted molar refractivity (Wildman–Crippen MR) is 75.4 cm³/mol. The first-order valence-corrected chi connectivity index (χ1v) is 7.22. The Morgan fingerprint density at radius 2 is 2.22 bits per heavy atom. The first kappa shape index (κ1) is 13.6. The van der Waals surface area contributed by atoms with E-state index in [1.165, 1.54) is 31.5 Å². The van der Waals surface area contributed by atoms with Gasteiger partial charge in [0.2, 0.25) is 0 Å². The minimum Gasteiger partial charge on any atom is -0.345 e. The second-order valence-corrected chi connectivity index (χ2v) is 6.55. The Kier molecular flexibility index (Phi) is 4.10. The third-order valence-electron chi connectivity index (χ3n) is 4.14. The molecule has 0 unspecified atom stereocenters. The lowest BCUT2D eigenvalue weighted by molar-refractivity contribution is 0.292. The summed E-state index contributed by atoms with van der Waals surface area (Å²) in [5.41, 5.74) is 1.83. The number of H-pyrrole nitrogens is 1. The Morgan fingerprint density at radius 1 is 1.50 bits per heavy atom. The molecule has 1 fully saturated rings. The molecule has 1 aliphatic carbocycles. The summed E-state index contributed by atoms with van der Waals surface area (Å²) < 4.78 is 0. The van der Waals surface area contributed by atoms with E-state index in [1.807, 2.05) is 6.20 Å². The van der Waals surface area contributed by atoms with E-state index in [1.54, 1.807) is 0 Å². The molecule has 0 bridgehead atoms. The van der Waals surface area contributed by atoms with Crippen molar-refractivity contribution < 1.29 is 0 Å². The van der Waals surface area contributed by atoms with Gasteiger partial charge in [0.1, 0.15) is 5.82 Å². The highest BCUT2D eigenvalue weighted by molar-refractivity contribution is 5.02. The SMILES string of the molecule is CCCCc1ncc(CN(C)C[C@@H]2CC2(C)C)[nH]1. The second kappa shape index (κ2) is 5.43. The first-order chi connectivity index (χ1) is 8.51. The Hall–Kier alpha value is -0.830. The molecule has 102 valence electrons. The number of rotatable bonds is 7. The van der Waals surface area contributed by atoms with Crippen molar-refractivity contribution in [1.82, 2.24) is 14.9 Å². The number of aromatic nitrogens is 2. The van der Waals surface area contributed by atoms with Crippen LogP contribution < -0.4 is 0 Å². The molecule has 3 nitrogen and oxygen atoms in total. The Balaban J connectivity index is 1.76. The van der Waals surface area contributed by atoms with E-state index >= 15 is 0 Å². The summed E-state index contributed by atoms with van der Waals surface area (Å²) in [7, 11) is 2.21. The van der Waals surface area contributed by atoms with Gasteiger partial charge in [-0.15, -0.1) is 0 Å². The van der Waals surface area contributed by atoms with E-state index < -0.39 is 0 Å². The molecule has 2 rings (SSSR count).